The molecule has 3 aromatic carbocycles. The predicted molar refractivity (Wildman–Crippen MR) is 151 cm³/mol. The number of benzene rings is 3. The van der Waals surface area contributed by atoms with E-state index in [4.69, 9.17) is 0 Å². The summed E-state index contributed by atoms with van der Waals surface area (Å²) in [6.07, 6.45) is 3.39. The van der Waals surface area contributed by atoms with E-state index in [0.717, 1.165) is 35.4 Å². The average molecular weight is 549 g/mol. The van der Waals surface area contributed by atoms with E-state index in [1.54, 1.807) is 34.9 Å². The van der Waals surface area contributed by atoms with Gasteiger partial charge in [-0.3, -0.25) is 4.79 Å². The Bertz CT molecular complexity index is 1410. The molecule has 0 aliphatic carbocycles. The zero-order valence-corrected chi connectivity index (χ0v) is 22.3. The van der Waals surface area contributed by atoms with Crippen LogP contribution in [0.25, 0.3) is 0 Å². The maximum atomic E-state index is 13.4. The van der Waals surface area contributed by atoms with Gasteiger partial charge >= 0.3 is 12.0 Å². The van der Waals surface area contributed by atoms with E-state index in [1.807, 2.05) is 30.3 Å². The third-order valence-corrected chi connectivity index (χ3v) is 7.18. The molecule has 1 aliphatic rings. The van der Waals surface area contributed by atoms with Crippen LogP contribution in [0.3, 0.4) is 0 Å². The predicted octanol–water partition coefficient (Wildman–Crippen LogP) is 5.92. The number of hydrogen-bond acceptors (Lipinski definition) is 5. The molecule has 39 heavy (non-hydrogen) atoms. The molecule has 3 N–H and O–H groups in total. The highest BCUT2D eigenvalue weighted by atomic mass is 32.2. The fourth-order valence-corrected chi connectivity index (χ4v) is 5.21. The zero-order valence-electron chi connectivity index (χ0n) is 21.4. The summed E-state index contributed by atoms with van der Waals surface area (Å²) in [6.45, 7) is 2.62. The van der Waals surface area contributed by atoms with Gasteiger partial charge in [-0.05, 0) is 60.9 Å². The molecule has 0 fully saturated rings. The highest BCUT2D eigenvalue weighted by Crippen LogP contribution is 2.34. The molecule has 202 valence electrons. The molecule has 1 heterocycles. The SMILES string of the molecule is CCCCCN1C(=O)/C(=N\NC(=O)Nc2cccc(F)c2)c2cc(SCCc3ccccc3C(=O)O)ccc21. The maximum Gasteiger partial charge on any atom is 0.339 e. The number of aryl methyl sites for hydroxylation is 1. The molecule has 10 heteroatoms. The van der Waals surface area contributed by atoms with Crippen LogP contribution >= 0.6 is 11.8 Å². The number of carbonyl (C=O) groups excluding carboxylic acids is 2. The van der Waals surface area contributed by atoms with Crippen LogP contribution in [-0.4, -0.2) is 41.0 Å². The number of carboxylic acids is 1. The molecule has 3 amide bonds. The molecule has 0 unspecified atom stereocenters. The average Bonchev–Trinajstić information content (AvgIpc) is 3.17. The summed E-state index contributed by atoms with van der Waals surface area (Å²) in [5.74, 6) is -1.11. The van der Waals surface area contributed by atoms with Gasteiger partial charge in [0.2, 0.25) is 0 Å². The minimum Gasteiger partial charge on any atom is -0.478 e. The van der Waals surface area contributed by atoms with Crippen molar-refractivity contribution in [3.05, 3.63) is 89.2 Å². The minimum atomic E-state index is -0.954. The molecular formula is C29H29FN4O4S. The van der Waals surface area contributed by atoms with Crippen molar-refractivity contribution in [1.82, 2.24) is 5.43 Å². The second-order valence-electron chi connectivity index (χ2n) is 8.94. The number of unbranched alkanes of at least 4 members (excludes halogenated alkanes) is 2. The van der Waals surface area contributed by atoms with E-state index >= 15 is 0 Å². The van der Waals surface area contributed by atoms with E-state index < -0.39 is 17.8 Å². The number of fused-ring (bicyclic) bond motifs is 1. The third-order valence-electron chi connectivity index (χ3n) is 6.19. The van der Waals surface area contributed by atoms with Gasteiger partial charge in [0, 0.05) is 28.4 Å². The van der Waals surface area contributed by atoms with Crippen molar-refractivity contribution < 1.29 is 23.9 Å². The Balaban J connectivity index is 1.51. The summed E-state index contributed by atoms with van der Waals surface area (Å²) >= 11 is 1.54. The summed E-state index contributed by atoms with van der Waals surface area (Å²) in [4.78, 5) is 39.7. The van der Waals surface area contributed by atoms with Crippen LogP contribution in [0.15, 0.2) is 76.7 Å². The van der Waals surface area contributed by atoms with Gasteiger partial charge in [0.05, 0.1) is 11.3 Å². The number of rotatable bonds is 11. The monoisotopic (exact) mass is 548 g/mol. The van der Waals surface area contributed by atoms with Gasteiger partial charge in [-0.2, -0.15) is 5.10 Å². The lowest BCUT2D eigenvalue weighted by molar-refractivity contribution is -0.112. The number of nitrogens with zero attached hydrogens (tertiary/aromatic N) is 2. The van der Waals surface area contributed by atoms with Crippen molar-refractivity contribution in [2.45, 2.75) is 37.5 Å². The van der Waals surface area contributed by atoms with Crippen LogP contribution < -0.4 is 15.6 Å². The van der Waals surface area contributed by atoms with Crippen LogP contribution in [0.1, 0.15) is 47.7 Å². The van der Waals surface area contributed by atoms with Gasteiger partial charge in [0.1, 0.15) is 5.82 Å². The molecule has 0 aromatic heterocycles. The molecule has 8 nitrogen and oxygen atoms in total. The Morgan fingerprint density at radius 1 is 1.05 bits per heavy atom. The Kier molecular flexibility index (Phi) is 9.32. The lowest BCUT2D eigenvalue weighted by Gasteiger charge is -2.16. The minimum absolute atomic E-state index is 0.120. The van der Waals surface area contributed by atoms with Crippen molar-refractivity contribution >= 4 is 46.8 Å². The number of halogens is 1. The molecule has 0 radical (unpaired) electrons. The molecule has 3 aromatic rings. The van der Waals surface area contributed by atoms with Gasteiger partial charge in [-0.1, -0.05) is 44.0 Å². The largest absolute Gasteiger partial charge is 0.478 e. The fourth-order valence-electron chi connectivity index (χ4n) is 4.29. The van der Waals surface area contributed by atoms with E-state index in [-0.39, 0.29) is 22.9 Å². The number of carboxylic acid groups (broad SMARTS) is 1. The van der Waals surface area contributed by atoms with Crippen LogP contribution in [0.2, 0.25) is 0 Å². The second kappa shape index (κ2) is 13.1. The maximum absolute atomic E-state index is 13.4. The number of thioether (sulfide) groups is 1. The summed E-state index contributed by atoms with van der Waals surface area (Å²) in [6, 6.07) is 17.4. The number of aromatic carboxylic acids is 1. The number of amides is 3. The Hall–Kier alpha value is -4.18. The molecule has 0 saturated carbocycles. The molecule has 0 bridgehead atoms. The molecule has 4 rings (SSSR count). The normalized spacial score (nSPS) is 13.4. The first-order valence-corrected chi connectivity index (χ1v) is 13.7. The lowest BCUT2D eigenvalue weighted by Crippen LogP contribution is -2.33. The Morgan fingerprint density at radius 2 is 1.87 bits per heavy atom. The quantitative estimate of drug-likeness (QED) is 0.156. The number of nitrogens with one attached hydrogen (secondary N) is 2. The van der Waals surface area contributed by atoms with Crippen LogP contribution in [0.5, 0.6) is 0 Å². The van der Waals surface area contributed by atoms with E-state index in [2.05, 4.69) is 22.8 Å². The van der Waals surface area contributed by atoms with Gasteiger partial charge < -0.3 is 15.3 Å². The number of urea groups is 1. The number of hydrogen-bond donors (Lipinski definition) is 3. The van der Waals surface area contributed by atoms with Gasteiger partial charge in [0.25, 0.3) is 5.91 Å². The Labute approximate surface area is 230 Å². The van der Waals surface area contributed by atoms with E-state index in [0.29, 0.717) is 24.3 Å². The summed E-state index contributed by atoms with van der Waals surface area (Å²) in [5, 5.41) is 16.1. The smallest absolute Gasteiger partial charge is 0.339 e. The summed E-state index contributed by atoms with van der Waals surface area (Å²) in [7, 11) is 0. The first-order valence-electron chi connectivity index (χ1n) is 12.7. The molecule has 1 aliphatic heterocycles. The van der Waals surface area contributed by atoms with Crippen molar-refractivity contribution in [1.29, 1.82) is 0 Å². The van der Waals surface area contributed by atoms with Gasteiger partial charge in [0.15, 0.2) is 5.71 Å². The molecular weight excluding hydrogens is 519 g/mol. The lowest BCUT2D eigenvalue weighted by atomic mass is 10.1. The van der Waals surface area contributed by atoms with E-state index in [1.165, 1.54) is 18.2 Å². The number of hydrazone groups is 1. The second-order valence-corrected chi connectivity index (χ2v) is 10.1. The third kappa shape index (κ3) is 7.02. The highest BCUT2D eigenvalue weighted by molar-refractivity contribution is 7.99. The fraction of sp³-hybridized carbons (Fsp3) is 0.241. The van der Waals surface area contributed by atoms with Crippen molar-refractivity contribution in [2.75, 3.05) is 22.5 Å². The first-order chi connectivity index (χ1) is 18.9. The molecule has 0 saturated heterocycles. The van der Waals surface area contributed by atoms with E-state index in [9.17, 15) is 23.9 Å². The summed E-state index contributed by atoms with van der Waals surface area (Å²) in [5.41, 5.74) is 5.12. The highest BCUT2D eigenvalue weighted by Gasteiger charge is 2.34. The Morgan fingerprint density at radius 3 is 2.64 bits per heavy atom. The van der Waals surface area contributed by atoms with Crippen LogP contribution in [-0.2, 0) is 11.2 Å². The van der Waals surface area contributed by atoms with Crippen molar-refractivity contribution in [3.63, 3.8) is 0 Å². The molecule has 0 spiro atoms. The standard InChI is InChI=1S/C29H29FN4O4S/c1-2-3-6-15-34-25-13-12-22(39-16-14-19-8-4-5-11-23(19)28(36)37)18-24(25)26(27(34)35)32-33-29(38)31-21-10-7-9-20(30)17-21/h4-5,7-13,17-18H,2-3,6,14-16H2,1H3,(H,36,37)(H2,31,33,38)/b32-26-. The van der Waals surface area contributed by atoms with Gasteiger partial charge in [-0.15, -0.1) is 11.8 Å². The van der Waals surface area contributed by atoms with Crippen molar-refractivity contribution in [3.8, 4) is 0 Å². The van der Waals surface area contributed by atoms with Crippen LogP contribution in [0, 0.1) is 5.82 Å². The van der Waals surface area contributed by atoms with Crippen molar-refractivity contribution in [2.24, 2.45) is 5.10 Å². The number of anilines is 2. The van der Waals surface area contributed by atoms with Crippen LogP contribution in [0.4, 0.5) is 20.6 Å². The van der Waals surface area contributed by atoms with Gasteiger partial charge in [-0.25, -0.2) is 19.4 Å². The summed E-state index contributed by atoms with van der Waals surface area (Å²) < 4.78 is 13.4. The zero-order chi connectivity index (χ0) is 27.8. The number of carbonyl (C=O) groups is 3. The molecule has 0 atom stereocenters. The first kappa shape index (κ1) is 27.8. The topological polar surface area (TPSA) is 111 Å².